The van der Waals surface area contributed by atoms with Crippen LogP contribution >= 0.6 is 0 Å². The molecule has 6 nitrogen and oxygen atoms in total. The summed E-state index contributed by atoms with van der Waals surface area (Å²) in [7, 11) is 1.86. The lowest BCUT2D eigenvalue weighted by atomic mass is 10.2. The van der Waals surface area contributed by atoms with Crippen LogP contribution in [0.1, 0.15) is 10.4 Å². The number of hydrogen-bond donors (Lipinski definition) is 2. The van der Waals surface area contributed by atoms with E-state index in [1.165, 1.54) is 0 Å². The topological polar surface area (TPSA) is 72.5 Å². The second-order valence-corrected chi connectivity index (χ2v) is 6.66. The zero-order valence-corrected chi connectivity index (χ0v) is 16.9. The van der Waals surface area contributed by atoms with Crippen LogP contribution in [0.5, 0.6) is 23.1 Å². The molecular weight excluding hydrogens is 390 g/mol. The fourth-order valence-corrected chi connectivity index (χ4v) is 2.83. The molecule has 1 aromatic heterocycles. The molecule has 1 amide bonds. The van der Waals surface area contributed by atoms with E-state index in [1.807, 2.05) is 61.6 Å². The smallest absolute Gasteiger partial charge is 0.255 e. The van der Waals surface area contributed by atoms with Gasteiger partial charge in [0.1, 0.15) is 17.2 Å². The van der Waals surface area contributed by atoms with Crippen LogP contribution in [0.2, 0.25) is 0 Å². The number of hydrogen-bond acceptors (Lipinski definition) is 5. The fraction of sp³-hybridized carbons (Fsp3) is 0.0400. The molecule has 1 heterocycles. The van der Waals surface area contributed by atoms with Gasteiger partial charge in [0.05, 0.1) is 11.9 Å². The van der Waals surface area contributed by atoms with Crippen LogP contribution in [0, 0.1) is 0 Å². The Labute approximate surface area is 180 Å². The van der Waals surface area contributed by atoms with Gasteiger partial charge >= 0.3 is 0 Å². The highest BCUT2D eigenvalue weighted by molar-refractivity contribution is 6.04. The number of anilines is 2. The first kappa shape index (κ1) is 20.0. The second kappa shape index (κ2) is 9.45. The van der Waals surface area contributed by atoms with Crippen molar-refractivity contribution in [1.29, 1.82) is 0 Å². The molecule has 4 aromatic rings. The lowest BCUT2D eigenvalue weighted by Gasteiger charge is -2.09. The van der Waals surface area contributed by atoms with Gasteiger partial charge in [-0.15, -0.1) is 0 Å². The third-order valence-corrected chi connectivity index (χ3v) is 4.46. The van der Waals surface area contributed by atoms with Crippen LogP contribution in [0.15, 0.2) is 97.2 Å². The zero-order valence-electron chi connectivity index (χ0n) is 16.9. The molecule has 31 heavy (non-hydrogen) atoms. The second-order valence-electron chi connectivity index (χ2n) is 6.66. The summed E-state index contributed by atoms with van der Waals surface area (Å²) in [5, 5.41) is 5.88. The van der Waals surface area contributed by atoms with Gasteiger partial charge in [0.2, 0.25) is 5.88 Å². The Morgan fingerprint density at radius 3 is 1.97 bits per heavy atom. The van der Waals surface area contributed by atoms with Crippen molar-refractivity contribution in [3.8, 4) is 23.1 Å². The van der Waals surface area contributed by atoms with E-state index in [4.69, 9.17) is 9.47 Å². The lowest BCUT2D eigenvalue weighted by Crippen LogP contribution is -2.11. The first-order valence-electron chi connectivity index (χ1n) is 9.76. The minimum Gasteiger partial charge on any atom is -0.457 e. The van der Waals surface area contributed by atoms with Gasteiger partial charge in [-0.05, 0) is 66.7 Å². The highest BCUT2D eigenvalue weighted by Crippen LogP contribution is 2.23. The molecule has 4 rings (SSSR count). The molecule has 0 aliphatic heterocycles. The van der Waals surface area contributed by atoms with Crippen molar-refractivity contribution in [2.24, 2.45) is 0 Å². The van der Waals surface area contributed by atoms with Crippen molar-refractivity contribution in [3.63, 3.8) is 0 Å². The Bertz CT molecular complexity index is 1130. The molecule has 3 aromatic carbocycles. The van der Waals surface area contributed by atoms with E-state index in [2.05, 4.69) is 15.6 Å². The molecule has 0 aliphatic carbocycles. The van der Waals surface area contributed by atoms with E-state index in [0.29, 0.717) is 28.6 Å². The number of benzene rings is 3. The predicted molar refractivity (Wildman–Crippen MR) is 121 cm³/mol. The number of carbonyl (C=O) groups excluding carboxylic acids is 1. The molecule has 0 fully saturated rings. The van der Waals surface area contributed by atoms with Crippen molar-refractivity contribution >= 4 is 17.3 Å². The Kier molecular flexibility index (Phi) is 6.09. The van der Waals surface area contributed by atoms with E-state index in [1.54, 1.807) is 42.6 Å². The number of pyridine rings is 1. The van der Waals surface area contributed by atoms with Gasteiger partial charge in [-0.1, -0.05) is 18.2 Å². The molecule has 2 N–H and O–H groups in total. The summed E-state index contributed by atoms with van der Waals surface area (Å²) in [6, 6.07) is 27.4. The quantitative estimate of drug-likeness (QED) is 0.393. The molecule has 6 heteroatoms. The Hall–Kier alpha value is -4.32. The summed E-state index contributed by atoms with van der Waals surface area (Å²) in [5.41, 5.74) is 2.09. The normalized spacial score (nSPS) is 10.2. The summed E-state index contributed by atoms with van der Waals surface area (Å²) in [6.07, 6.45) is 1.56. The maximum atomic E-state index is 12.5. The van der Waals surface area contributed by atoms with E-state index < -0.39 is 0 Å². The number of rotatable bonds is 7. The van der Waals surface area contributed by atoms with Gasteiger partial charge in [-0.2, -0.15) is 0 Å². The molecule has 0 radical (unpaired) electrons. The minimum atomic E-state index is -0.232. The average molecular weight is 411 g/mol. The summed E-state index contributed by atoms with van der Waals surface area (Å²) >= 11 is 0. The van der Waals surface area contributed by atoms with Crippen LogP contribution < -0.4 is 20.1 Å². The number of ether oxygens (including phenoxy) is 2. The molecule has 0 atom stereocenters. The lowest BCUT2D eigenvalue weighted by molar-refractivity contribution is 0.102. The summed E-state index contributed by atoms with van der Waals surface area (Å²) < 4.78 is 11.5. The number of nitrogens with one attached hydrogen (secondary N) is 2. The molecule has 154 valence electrons. The number of carbonyl (C=O) groups is 1. The van der Waals surface area contributed by atoms with Crippen LogP contribution in [-0.4, -0.2) is 17.9 Å². The molecule has 0 saturated carbocycles. The fourth-order valence-electron chi connectivity index (χ4n) is 2.83. The maximum absolute atomic E-state index is 12.5. The van der Waals surface area contributed by atoms with E-state index in [9.17, 15) is 4.79 Å². The van der Waals surface area contributed by atoms with Crippen LogP contribution in [0.25, 0.3) is 0 Å². The number of aromatic nitrogens is 1. The highest BCUT2D eigenvalue weighted by Gasteiger charge is 2.08. The Morgan fingerprint density at radius 1 is 0.710 bits per heavy atom. The number of para-hydroxylation sites is 1. The third-order valence-electron chi connectivity index (χ3n) is 4.46. The predicted octanol–water partition coefficient (Wildman–Crippen LogP) is 5.96. The van der Waals surface area contributed by atoms with Crippen LogP contribution in [0.4, 0.5) is 11.4 Å². The van der Waals surface area contributed by atoms with Gasteiger partial charge < -0.3 is 20.1 Å². The van der Waals surface area contributed by atoms with Gasteiger partial charge in [0.15, 0.2) is 0 Å². The molecule has 0 saturated heterocycles. The minimum absolute atomic E-state index is 0.232. The third kappa shape index (κ3) is 5.39. The Morgan fingerprint density at radius 2 is 1.32 bits per heavy atom. The van der Waals surface area contributed by atoms with Gasteiger partial charge in [-0.3, -0.25) is 4.79 Å². The van der Waals surface area contributed by atoms with Gasteiger partial charge in [0, 0.05) is 24.4 Å². The van der Waals surface area contributed by atoms with E-state index >= 15 is 0 Å². The molecule has 0 bridgehead atoms. The summed E-state index contributed by atoms with van der Waals surface area (Å²) in [6.45, 7) is 0. The molecule has 0 unspecified atom stereocenters. The van der Waals surface area contributed by atoms with Crippen molar-refractivity contribution in [1.82, 2.24) is 4.98 Å². The van der Waals surface area contributed by atoms with Gasteiger partial charge in [0.25, 0.3) is 5.91 Å². The van der Waals surface area contributed by atoms with Crippen molar-refractivity contribution in [3.05, 3.63) is 103 Å². The molecule has 0 spiro atoms. The zero-order chi connectivity index (χ0) is 21.5. The largest absolute Gasteiger partial charge is 0.457 e. The first-order chi connectivity index (χ1) is 15.2. The molecule has 0 aliphatic rings. The van der Waals surface area contributed by atoms with Crippen LogP contribution in [0.3, 0.4) is 0 Å². The van der Waals surface area contributed by atoms with Crippen molar-refractivity contribution in [2.45, 2.75) is 0 Å². The van der Waals surface area contributed by atoms with Crippen molar-refractivity contribution < 1.29 is 14.3 Å². The maximum Gasteiger partial charge on any atom is 0.255 e. The Balaban J connectivity index is 1.34. The average Bonchev–Trinajstić information content (AvgIpc) is 2.82. The first-order valence-corrected chi connectivity index (χ1v) is 9.76. The van der Waals surface area contributed by atoms with E-state index in [-0.39, 0.29) is 5.91 Å². The number of nitrogens with zero attached hydrogens (tertiary/aromatic N) is 1. The standard InChI is InChI=1S/C25H21N3O3/c1-26-19-9-14-23(15-10-19)31-24-16-11-20(17-27-24)28-25(29)18-7-12-22(13-8-18)30-21-5-3-2-4-6-21/h2-17,26H,1H3,(H,28,29). The van der Waals surface area contributed by atoms with E-state index in [0.717, 1.165) is 11.4 Å². The molecular formula is C25H21N3O3. The monoisotopic (exact) mass is 411 g/mol. The van der Waals surface area contributed by atoms with Gasteiger partial charge in [-0.25, -0.2) is 4.98 Å². The van der Waals surface area contributed by atoms with Crippen LogP contribution in [-0.2, 0) is 0 Å². The summed E-state index contributed by atoms with van der Waals surface area (Å²) in [4.78, 5) is 16.8. The SMILES string of the molecule is CNc1ccc(Oc2ccc(NC(=O)c3ccc(Oc4ccccc4)cc3)cn2)cc1. The summed E-state index contributed by atoms with van der Waals surface area (Å²) in [5.74, 6) is 2.29. The van der Waals surface area contributed by atoms with Crippen molar-refractivity contribution in [2.75, 3.05) is 17.7 Å². The highest BCUT2D eigenvalue weighted by atomic mass is 16.5. The number of amides is 1.